The first-order chi connectivity index (χ1) is 4.19. The van der Waals surface area contributed by atoms with E-state index in [1.165, 1.54) is 0 Å². The van der Waals surface area contributed by atoms with Crippen molar-refractivity contribution in [1.82, 2.24) is 0 Å². The Morgan fingerprint density at radius 3 is 2.33 bits per heavy atom. The van der Waals surface area contributed by atoms with Crippen molar-refractivity contribution >= 4 is 0 Å². The summed E-state index contributed by atoms with van der Waals surface area (Å²) in [5.41, 5.74) is 0.259. The zero-order chi connectivity index (χ0) is 6.91. The van der Waals surface area contributed by atoms with E-state index >= 15 is 0 Å². The molecule has 0 aromatic rings. The molecule has 1 rings (SSSR count). The zero-order valence-corrected chi connectivity index (χ0v) is 6.05. The van der Waals surface area contributed by atoms with Crippen LogP contribution in [0.15, 0.2) is 0 Å². The van der Waals surface area contributed by atoms with Crippen LogP contribution in [0.2, 0.25) is 0 Å². The van der Waals surface area contributed by atoms with Crippen LogP contribution < -0.4 is 0 Å². The molecule has 1 aliphatic heterocycles. The minimum Gasteiger partial charge on any atom is -0.396 e. The topological polar surface area (TPSA) is 29.5 Å². The lowest BCUT2D eigenvalue weighted by Crippen LogP contribution is -2.46. The van der Waals surface area contributed by atoms with Gasteiger partial charge in [-0.15, -0.1) is 0 Å². The van der Waals surface area contributed by atoms with E-state index in [-0.39, 0.29) is 12.0 Å². The van der Waals surface area contributed by atoms with E-state index in [1.807, 2.05) is 0 Å². The van der Waals surface area contributed by atoms with Gasteiger partial charge in [-0.3, -0.25) is 0 Å². The molecule has 0 bridgehead atoms. The van der Waals surface area contributed by atoms with Crippen molar-refractivity contribution < 1.29 is 9.84 Å². The Labute approximate surface area is 55.8 Å². The molecular formula is C7H14O2. The summed E-state index contributed by atoms with van der Waals surface area (Å²) in [6, 6.07) is 0. The molecule has 54 valence electrons. The van der Waals surface area contributed by atoms with Crippen LogP contribution in [0.4, 0.5) is 0 Å². The van der Waals surface area contributed by atoms with Gasteiger partial charge in [0.05, 0.1) is 13.2 Å². The maximum Gasteiger partial charge on any atom is 0.0545 e. The minimum absolute atomic E-state index is 0.259. The molecule has 1 heterocycles. The van der Waals surface area contributed by atoms with Gasteiger partial charge in [-0.2, -0.15) is 0 Å². The molecule has 9 heavy (non-hydrogen) atoms. The third-order valence-electron chi connectivity index (χ3n) is 2.33. The Morgan fingerprint density at radius 2 is 2.22 bits per heavy atom. The average Bonchev–Trinajstić information content (AvgIpc) is 1.81. The van der Waals surface area contributed by atoms with Gasteiger partial charge in [0, 0.05) is 12.0 Å². The van der Waals surface area contributed by atoms with E-state index in [0.717, 1.165) is 13.2 Å². The first-order valence-electron chi connectivity index (χ1n) is 3.37. The molecule has 0 unspecified atom stereocenters. The quantitative estimate of drug-likeness (QED) is 0.594. The molecule has 1 atom stereocenters. The molecular weight excluding hydrogens is 116 g/mol. The van der Waals surface area contributed by atoms with E-state index in [9.17, 15) is 0 Å². The first-order valence-corrected chi connectivity index (χ1v) is 3.37. The van der Waals surface area contributed by atoms with Gasteiger partial charge in [-0.1, -0.05) is 13.8 Å². The molecule has 0 radical (unpaired) electrons. The number of ether oxygens (including phenoxy) is 1. The van der Waals surface area contributed by atoms with E-state index in [0.29, 0.717) is 5.92 Å². The van der Waals surface area contributed by atoms with Gasteiger partial charge in [0.1, 0.15) is 0 Å². The standard InChI is InChI=1S/C7H14O2/c1-6(3-8)7(2)4-9-5-7/h6,8H,3-5H2,1-2H3/t6-/m1/s1. The summed E-state index contributed by atoms with van der Waals surface area (Å²) in [5.74, 6) is 0.381. The molecule has 0 aromatic heterocycles. The van der Waals surface area contributed by atoms with Crippen molar-refractivity contribution in [3.63, 3.8) is 0 Å². The number of hydrogen-bond acceptors (Lipinski definition) is 2. The maximum atomic E-state index is 8.78. The van der Waals surface area contributed by atoms with Gasteiger partial charge in [0.15, 0.2) is 0 Å². The lowest BCUT2D eigenvalue weighted by molar-refractivity contribution is -0.138. The molecule has 0 saturated carbocycles. The largest absolute Gasteiger partial charge is 0.396 e. The summed E-state index contributed by atoms with van der Waals surface area (Å²) in [5, 5.41) is 8.78. The summed E-state index contributed by atoms with van der Waals surface area (Å²) >= 11 is 0. The first kappa shape index (κ1) is 7.03. The third-order valence-corrected chi connectivity index (χ3v) is 2.33. The second kappa shape index (κ2) is 2.27. The zero-order valence-electron chi connectivity index (χ0n) is 6.05. The SMILES string of the molecule is C[C@H](CO)C1(C)COC1. The van der Waals surface area contributed by atoms with Crippen LogP contribution in [-0.4, -0.2) is 24.9 Å². The highest BCUT2D eigenvalue weighted by Crippen LogP contribution is 2.34. The average molecular weight is 130 g/mol. The van der Waals surface area contributed by atoms with Crippen LogP contribution in [0.25, 0.3) is 0 Å². The minimum atomic E-state index is 0.259. The highest BCUT2D eigenvalue weighted by atomic mass is 16.5. The molecule has 0 aliphatic carbocycles. The molecule has 1 N–H and O–H groups in total. The summed E-state index contributed by atoms with van der Waals surface area (Å²) in [6.07, 6.45) is 0. The molecule has 1 saturated heterocycles. The van der Waals surface area contributed by atoms with E-state index in [2.05, 4.69) is 13.8 Å². The second-order valence-electron chi connectivity index (χ2n) is 3.23. The van der Waals surface area contributed by atoms with Crippen molar-refractivity contribution in [2.75, 3.05) is 19.8 Å². The molecule has 2 nitrogen and oxygen atoms in total. The van der Waals surface area contributed by atoms with Crippen LogP contribution in [0.3, 0.4) is 0 Å². The summed E-state index contributed by atoms with van der Waals surface area (Å²) in [4.78, 5) is 0. The Morgan fingerprint density at radius 1 is 1.67 bits per heavy atom. The Bertz CT molecular complexity index is 97.1. The normalized spacial score (nSPS) is 27.0. The molecule has 1 fully saturated rings. The van der Waals surface area contributed by atoms with Gasteiger partial charge < -0.3 is 9.84 Å². The molecule has 2 heteroatoms. The lowest BCUT2D eigenvalue weighted by atomic mass is 9.77. The van der Waals surface area contributed by atoms with Crippen LogP contribution in [0.5, 0.6) is 0 Å². The Kier molecular flexibility index (Phi) is 1.78. The summed E-state index contributed by atoms with van der Waals surface area (Å²) in [6.45, 7) is 6.11. The highest BCUT2D eigenvalue weighted by molar-refractivity contribution is 4.85. The molecule has 0 amide bonds. The van der Waals surface area contributed by atoms with Crippen molar-refractivity contribution in [3.05, 3.63) is 0 Å². The summed E-state index contributed by atoms with van der Waals surface area (Å²) in [7, 11) is 0. The maximum absolute atomic E-state index is 8.78. The number of rotatable bonds is 2. The predicted molar refractivity (Wildman–Crippen MR) is 35.2 cm³/mol. The van der Waals surface area contributed by atoms with Crippen molar-refractivity contribution in [2.24, 2.45) is 11.3 Å². The number of aliphatic hydroxyl groups excluding tert-OH is 1. The second-order valence-corrected chi connectivity index (χ2v) is 3.23. The number of hydrogen-bond donors (Lipinski definition) is 1. The fourth-order valence-corrected chi connectivity index (χ4v) is 0.929. The fourth-order valence-electron chi connectivity index (χ4n) is 0.929. The van der Waals surface area contributed by atoms with Crippen LogP contribution in [-0.2, 0) is 4.74 Å². The molecule has 0 aromatic carbocycles. The van der Waals surface area contributed by atoms with E-state index in [4.69, 9.17) is 9.84 Å². The molecule has 1 aliphatic rings. The van der Waals surface area contributed by atoms with Crippen molar-refractivity contribution in [1.29, 1.82) is 0 Å². The highest BCUT2D eigenvalue weighted by Gasteiger charge is 2.38. The van der Waals surface area contributed by atoms with Gasteiger partial charge in [0.25, 0.3) is 0 Å². The monoisotopic (exact) mass is 130 g/mol. The van der Waals surface area contributed by atoms with Gasteiger partial charge in [0.2, 0.25) is 0 Å². The molecule has 0 spiro atoms. The van der Waals surface area contributed by atoms with Crippen LogP contribution >= 0.6 is 0 Å². The smallest absolute Gasteiger partial charge is 0.0545 e. The van der Waals surface area contributed by atoms with Crippen molar-refractivity contribution in [2.45, 2.75) is 13.8 Å². The van der Waals surface area contributed by atoms with Crippen LogP contribution in [0, 0.1) is 11.3 Å². The van der Waals surface area contributed by atoms with E-state index < -0.39 is 0 Å². The van der Waals surface area contributed by atoms with Gasteiger partial charge in [-0.25, -0.2) is 0 Å². The lowest BCUT2D eigenvalue weighted by Gasteiger charge is -2.42. The van der Waals surface area contributed by atoms with Gasteiger partial charge in [-0.05, 0) is 5.92 Å². The summed E-state index contributed by atoms with van der Waals surface area (Å²) < 4.78 is 5.05. The van der Waals surface area contributed by atoms with Crippen molar-refractivity contribution in [3.8, 4) is 0 Å². The van der Waals surface area contributed by atoms with Gasteiger partial charge >= 0.3 is 0 Å². The number of aliphatic hydroxyl groups is 1. The fraction of sp³-hybridized carbons (Fsp3) is 1.00. The van der Waals surface area contributed by atoms with E-state index in [1.54, 1.807) is 0 Å². The Hall–Kier alpha value is -0.0800. The predicted octanol–water partition coefficient (Wildman–Crippen LogP) is 0.651. The van der Waals surface area contributed by atoms with Crippen LogP contribution in [0.1, 0.15) is 13.8 Å². The Balaban J connectivity index is 2.38. The third kappa shape index (κ3) is 1.10.